The number of amides is 1. The summed E-state index contributed by atoms with van der Waals surface area (Å²) in [6.07, 6.45) is 2.46. The molecule has 21 heavy (non-hydrogen) atoms. The first-order chi connectivity index (χ1) is 10.1. The van der Waals surface area contributed by atoms with Crippen LogP contribution in [0.3, 0.4) is 0 Å². The highest BCUT2D eigenvalue weighted by molar-refractivity contribution is 6.18. The van der Waals surface area contributed by atoms with Crippen LogP contribution in [0, 0.1) is 10.1 Å². The van der Waals surface area contributed by atoms with Crippen LogP contribution in [0.1, 0.15) is 12.8 Å². The smallest absolute Gasteiger partial charge is 0.287 e. The van der Waals surface area contributed by atoms with Gasteiger partial charge in [0.05, 0.1) is 4.92 Å². The van der Waals surface area contributed by atoms with Crippen molar-refractivity contribution in [3.05, 3.63) is 28.4 Å². The Bertz CT molecular complexity index is 509. The molecule has 0 aliphatic carbocycles. The van der Waals surface area contributed by atoms with Crippen LogP contribution in [0.25, 0.3) is 0 Å². The quantitative estimate of drug-likeness (QED) is 0.480. The van der Waals surface area contributed by atoms with Crippen LogP contribution in [0.15, 0.2) is 18.3 Å². The van der Waals surface area contributed by atoms with Crippen LogP contribution in [-0.4, -0.2) is 52.8 Å². The molecule has 1 fully saturated rings. The van der Waals surface area contributed by atoms with Crippen molar-refractivity contribution in [1.29, 1.82) is 0 Å². The second-order valence-electron chi connectivity index (χ2n) is 4.79. The highest BCUT2D eigenvalue weighted by atomic mass is 35.5. The van der Waals surface area contributed by atoms with Gasteiger partial charge in [0.1, 0.15) is 12.0 Å². The Morgan fingerprint density at radius 3 is 2.76 bits per heavy atom. The molecule has 8 heteroatoms. The summed E-state index contributed by atoms with van der Waals surface area (Å²) in [5.41, 5.74) is -0.0208. The van der Waals surface area contributed by atoms with E-state index in [0.29, 0.717) is 37.8 Å². The number of pyridine rings is 1. The Labute approximate surface area is 127 Å². The van der Waals surface area contributed by atoms with Crippen LogP contribution in [0.5, 0.6) is 0 Å². The lowest BCUT2D eigenvalue weighted by atomic mass is 10.3. The van der Waals surface area contributed by atoms with Crippen LogP contribution in [-0.2, 0) is 4.79 Å². The molecule has 0 unspecified atom stereocenters. The number of hydrogen-bond donors (Lipinski definition) is 0. The molecule has 1 aromatic heterocycles. The van der Waals surface area contributed by atoms with E-state index in [1.165, 1.54) is 12.3 Å². The number of carbonyl (C=O) groups is 1. The molecule has 0 spiro atoms. The van der Waals surface area contributed by atoms with Gasteiger partial charge in [-0.25, -0.2) is 4.98 Å². The Morgan fingerprint density at radius 1 is 1.33 bits per heavy atom. The van der Waals surface area contributed by atoms with Crippen molar-refractivity contribution in [2.75, 3.05) is 37.0 Å². The van der Waals surface area contributed by atoms with Crippen molar-refractivity contribution in [3.8, 4) is 0 Å². The van der Waals surface area contributed by atoms with Crippen LogP contribution >= 0.6 is 11.6 Å². The van der Waals surface area contributed by atoms with Crippen molar-refractivity contribution in [2.45, 2.75) is 12.8 Å². The molecule has 0 atom stereocenters. The lowest BCUT2D eigenvalue weighted by Crippen LogP contribution is -2.35. The molecular weight excluding hydrogens is 296 g/mol. The predicted octanol–water partition coefficient (Wildman–Crippen LogP) is 1.66. The second-order valence-corrected chi connectivity index (χ2v) is 5.17. The van der Waals surface area contributed by atoms with Gasteiger partial charge in [0.2, 0.25) is 5.91 Å². The Morgan fingerprint density at radius 2 is 2.14 bits per heavy atom. The number of aromatic nitrogens is 1. The Kier molecular flexibility index (Phi) is 5.32. The summed E-state index contributed by atoms with van der Waals surface area (Å²) in [5.74, 6) is 1.11. The van der Waals surface area contributed by atoms with Gasteiger partial charge in [-0.05, 0) is 12.5 Å². The third kappa shape index (κ3) is 4.04. The van der Waals surface area contributed by atoms with E-state index in [0.717, 1.165) is 13.0 Å². The standard InChI is InChI=1S/C13H17ClN4O3/c14-5-4-13(19)17-7-1-6-16(8-9-17)12-3-2-11(10-15-12)18(20)21/h2-3,10H,1,4-9H2. The van der Waals surface area contributed by atoms with Gasteiger partial charge < -0.3 is 9.80 Å². The summed E-state index contributed by atoms with van der Waals surface area (Å²) in [6, 6.07) is 3.10. The van der Waals surface area contributed by atoms with E-state index in [9.17, 15) is 14.9 Å². The van der Waals surface area contributed by atoms with Gasteiger partial charge in [0, 0.05) is 44.5 Å². The topological polar surface area (TPSA) is 79.6 Å². The number of carbonyl (C=O) groups excluding carboxylic acids is 1. The van der Waals surface area contributed by atoms with Crippen LogP contribution in [0.4, 0.5) is 11.5 Å². The number of rotatable bonds is 4. The fraction of sp³-hybridized carbons (Fsp3) is 0.538. The highest BCUT2D eigenvalue weighted by Crippen LogP contribution is 2.17. The zero-order valence-electron chi connectivity index (χ0n) is 11.6. The summed E-state index contributed by atoms with van der Waals surface area (Å²) in [7, 11) is 0. The maximum absolute atomic E-state index is 11.8. The van der Waals surface area contributed by atoms with Crippen molar-refractivity contribution < 1.29 is 9.72 Å². The summed E-state index contributed by atoms with van der Waals surface area (Å²) in [4.78, 5) is 30.0. The molecule has 1 saturated heterocycles. The van der Waals surface area contributed by atoms with Gasteiger partial charge in [-0.15, -0.1) is 11.6 Å². The van der Waals surface area contributed by atoms with Gasteiger partial charge in [0.15, 0.2) is 0 Å². The first kappa shape index (κ1) is 15.5. The number of alkyl halides is 1. The zero-order chi connectivity index (χ0) is 15.2. The molecule has 1 amide bonds. The maximum atomic E-state index is 11.8. The predicted molar refractivity (Wildman–Crippen MR) is 79.6 cm³/mol. The molecule has 0 radical (unpaired) electrons. The van der Waals surface area contributed by atoms with E-state index in [-0.39, 0.29) is 11.6 Å². The van der Waals surface area contributed by atoms with E-state index < -0.39 is 4.92 Å². The van der Waals surface area contributed by atoms with E-state index in [2.05, 4.69) is 4.98 Å². The summed E-state index contributed by atoms with van der Waals surface area (Å²) in [5, 5.41) is 10.6. The molecule has 1 aromatic rings. The normalized spacial score (nSPS) is 15.7. The molecule has 114 valence electrons. The average molecular weight is 313 g/mol. The van der Waals surface area contributed by atoms with Gasteiger partial charge >= 0.3 is 0 Å². The van der Waals surface area contributed by atoms with E-state index in [1.54, 1.807) is 6.07 Å². The summed E-state index contributed by atoms with van der Waals surface area (Å²) in [6.45, 7) is 2.77. The first-order valence-corrected chi connectivity index (χ1v) is 7.34. The monoisotopic (exact) mass is 312 g/mol. The van der Waals surface area contributed by atoms with E-state index >= 15 is 0 Å². The van der Waals surface area contributed by atoms with Crippen molar-refractivity contribution in [2.24, 2.45) is 0 Å². The molecule has 7 nitrogen and oxygen atoms in total. The number of anilines is 1. The highest BCUT2D eigenvalue weighted by Gasteiger charge is 2.19. The van der Waals surface area contributed by atoms with Crippen molar-refractivity contribution in [1.82, 2.24) is 9.88 Å². The molecule has 0 saturated carbocycles. The third-order valence-electron chi connectivity index (χ3n) is 3.42. The first-order valence-electron chi connectivity index (χ1n) is 6.81. The minimum atomic E-state index is -0.467. The molecule has 0 aromatic carbocycles. The van der Waals surface area contributed by atoms with Crippen molar-refractivity contribution >= 4 is 29.0 Å². The third-order valence-corrected chi connectivity index (χ3v) is 3.61. The minimum Gasteiger partial charge on any atom is -0.355 e. The SMILES string of the molecule is O=C(CCCl)N1CCCN(c2ccc([N+](=O)[O-])cn2)CC1. The number of nitro groups is 1. The number of halogens is 1. The van der Waals surface area contributed by atoms with Gasteiger partial charge in [0.25, 0.3) is 5.69 Å². The molecule has 0 N–H and O–H groups in total. The molecule has 2 rings (SSSR count). The van der Waals surface area contributed by atoms with E-state index in [4.69, 9.17) is 11.6 Å². The van der Waals surface area contributed by atoms with Crippen LogP contribution < -0.4 is 4.90 Å². The average Bonchev–Trinajstić information content (AvgIpc) is 2.73. The summed E-state index contributed by atoms with van der Waals surface area (Å²) >= 11 is 5.60. The number of nitrogens with zero attached hydrogens (tertiary/aromatic N) is 4. The van der Waals surface area contributed by atoms with E-state index in [1.807, 2.05) is 9.80 Å². The largest absolute Gasteiger partial charge is 0.355 e. The Balaban J connectivity index is 1.99. The van der Waals surface area contributed by atoms with Crippen LogP contribution in [0.2, 0.25) is 0 Å². The zero-order valence-corrected chi connectivity index (χ0v) is 12.3. The van der Waals surface area contributed by atoms with Gasteiger partial charge in [-0.3, -0.25) is 14.9 Å². The van der Waals surface area contributed by atoms with Gasteiger partial charge in [-0.2, -0.15) is 0 Å². The fourth-order valence-corrected chi connectivity index (χ4v) is 2.47. The fourth-order valence-electron chi connectivity index (χ4n) is 2.31. The Hall–Kier alpha value is -1.89. The molecular formula is C13H17ClN4O3. The van der Waals surface area contributed by atoms with Crippen molar-refractivity contribution in [3.63, 3.8) is 0 Å². The second kappa shape index (κ2) is 7.21. The molecule has 0 bridgehead atoms. The van der Waals surface area contributed by atoms with Gasteiger partial charge in [-0.1, -0.05) is 0 Å². The molecule has 1 aliphatic heterocycles. The minimum absolute atomic E-state index is 0.0208. The maximum Gasteiger partial charge on any atom is 0.287 e. The molecule has 2 heterocycles. The number of hydrogen-bond acceptors (Lipinski definition) is 5. The lowest BCUT2D eigenvalue weighted by Gasteiger charge is -2.22. The summed E-state index contributed by atoms with van der Waals surface area (Å²) < 4.78 is 0. The molecule has 1 aliphatic rings. The lowest BCUT2D eigenvalue weighted by molar-refractivity contribution is -0.385.